The molecular weight excluding hydrogens is 390 g/mol. The first-order chi connectivity index (χ1) is 13.5. The second-order valence-corrected chi connectivity index (χ2v) is 7.60. The molecule has 4 rings (SSSR count). The molecule has 1 aromatic heterocycles. The molecule has 1 unspecified atom stereocenters. The summed E-state index contributed by atoms with van der Waals surface area (Å²) in [5.41, 5.74) is 1.47. The second kappa shape index (κ2) is 8.48. The van der Waals surface area contributed by atoms with Crippen LogP contribution in [-0.2, 0) is 24.9 Å². The molecule has 3 aromatic rings. The number of hydrogen-bond donors (Lipinski definition) is 1. The van der Waals surface area contributed by atoms with Crippen molar-refractivity contribution >= 4 is 33.8 Å². The summed E-state index contributed by atoms with van der Waals surface area (Å²) in [7, 11) is 1.68. The maximum atomic E-state index is 12.4. The Kier molecular flexibility index (Phi) is 6.03. The fraction of sp³-hybridized carbons (Fsp3) is 0.238. The number of nitrogens with zero attached hydrogens (tertiary/aromatic N) is 2. The zero-order chi connectivity index (χ0) is 19.7. The van der Waals surface area contributed by atoms with Gasteiger partial charge in [-0.2, -0.15) is 0 Å². The van der Waals surface area contributed by atoms with Gasteiger partial charge in [0.15, 0.2) is 0 Å². The van der Waals surface area contributed by atoms with Gasteiger partial charge in [0.25, 0.3) is 10.8 Å². The normalized spacial score (nSPS) is 15.8. The summed E-state index contributed by atoms with van der Waals surface area (Å²) >= 11 is 1.01. The van der Waals surface area contributed by atoms with Crippen LogP contribution in [0.2, 0.25) is 0 Å². The Balaban J connectivity index is 0.00000240. The van der Waals surface area contributed by atoms with Gasteiger partial charge in [-0.3, -0.25) is 24.3 Å². The fourth-order valence-electron chi connectivity index (χ4n) is 3.00. The van der Waals surface area contributed by atoms with E-state index in [-0.39, 0.29) is 30.7 Å². The summed E-state index contributed by atoms with van der Waals surface area (Å²) in [4.78, 5) is 39.8. The van der Waals surface area contributed by atoms with Crippen LogP contribution >= 0.6 is 11.8 Å². The quantitative estimate of drug-likeness (QED) is 0.694. The zero-order valence-electron chi connectivity index (χ0n) is 15.0. The highest BCUT2D eigenvalue weighted by molar-refractivity contribution is 8.15. The van der Waals surface area contributed by atoms with Gasteiger partial charge < -0.3 is 4.74 Å². The van der Waals surface area contributed by atoms with Gasteiger partial charge in [-0.25, -0.2) is 4.98 Å². The maximum absolute atomic E-state index is 12.4. The van der Waals surface area contributed by atoms with Crippen LogP contribution in [0, 0.1) is 0 Å². The molecule has 2 heterocycles. The minimum absolute atomic E-state index is 0. The van der Waals surface area contributed by atoms with E-state index in [9.17, 15) is 14.4 Å². The molecule has 1 aliphatic rings. The third-order valence-corrected chi connectivity index (χ3v) is 5.54. The Labute approximate surface area is 172 Å². The van der Waals surface area contributed by atoms with Crippen molar-refractivity contribution in [2.45, 2.75) is 25.7 Å². The van der Waals surface area contributed by atoms with Crippen molar-refractivity contribution in [2.24, 2.45) is 7.05 Å². The number of hydrogen-bond acceptors (Lipinski definition) is 6. The van der Waals surface area contributed by atoms with Crippen molar-refractivity contribution in [3.63, 3.8) is 0 Å². The van der Waals surface area contributed by atoms with Crippen molar-refractivity contribution in [1.82, 2.24) is 14.9 Å². The molecule has 0 spiro atoms. The van der Waals surface area contributed by atoms with Crippen molar-refractivity contribution in [3.8, 4) is 5.75 Å². The summed E-state index contributed by atoms with van der Waals surface area (Å²) in [5.74, 6) is 0.912. The number of para-hydroxylation sites is 1. The lowest BCUT2D eigenvalue weighted by Gasteiger charge is -2.11. The highest BCUT2D eigenvalue weighted by Crippen LogP contribution is 2.24. The van der Waals surface area contributed by atoms with E-state index in [1.165, 1.54) is 4.57 Å². The largest absolute Gasteiger partial charge is 0.486 e. The van der Waals surface area contributed by atoms with Gasteiger partial charge in [-0.15, -0.1) is 0 Å². The second-order valence-electron chi connectivity index (χ2n) is 6.43. The predicted molar refractivity (Wildman–Crippen MR) is 113 cm³/mol. The summed E-state index contributed by atoms with van der Waals surface area (Å²) < 4.78 is 7.27. The smallest absolute Gasteiger partial charge is 0.286 e. The first-order valence-electron chi connectivity index (χ1n) is 8.69. The number of thioether (sulfide) groups is 1. The Morgan fingerprint density at radius 1 is 1.10 bits per heavy atom. The fourth-order valence-corrected chi connectivity index (χ4v) is 3.86. The van der Waals surface area contributed by atoms with Crippen LogP contribution in [0.5, 0.6) is 5.75 Å². The number of ether oxygens (including phenoxy) is 1. The average molecular weight is 411 g/mol. The molecule has 0 aliphatic carbocycles. The number of amides is 2. The Morgan fingerprint density at radius 3 is 2.52 bits per heavy atom. The van der Waals surface area contributed by atoms with Gasteiger partial charge in [0.2, 0.25) is 5.91 Å². The summed E-state index contributed by atoms with van der Waals surface area (Å²) in [6.45, 7) is 0.158. The van der Waals surface area contributed by atoms with Crippen molar-refractivity contribution in [3.05, 3.63) is 70.3 Å². The van der Waals surface area contributed by atoms with Gasteiger partial charge in [-0.05, 0) is 36.2 Å². The van der Waals surface area contributed by atoms with Crippen molar-refractivity contribution in [1.29, 1.82) is 0 Å². The average Bonchev–Trinajstić information content (AvgIpc) is 3.01. The molecule has 1 atom stereocenters. The van der Waals surface area contributed by atoms with Crippen molar-refractivity contribution in [2.75, 3.05) is 0 Å². The molecule has 0 bridgehead atoms. The third-order valence-electron chi connectivity index (χ3n) is 4.56. The first kappa shape index (κ1) is 20.6. The van der Waals surface area contributed by atoms with Crippen molar-refractivity contribution < 1.29 is 14.3 Å². The van der Waals surface area contributed by atoms with Gasteiger partial charge in [0.1, 0.15) is 18.2 Å². The van der Waals surface area contributed by atoms with Gasteiger partial charge in [0, 0.05) is 7.05 Å². The Bertz CT molecular complexity index is 1120. The minimum Gasteiger partial charge on any atom is -0.486 e. The monoisotopic (exact) mass is 411 g/mol. The lowest BCUT2D eigenvalue weighted by atomic mass is 10.1. The molecule has 1 fully saturated rings. The highest BCUT2D eigenvalue weighted by atomic mass is 32.2. The molecular formula is C21H21N3O4S. The summed E-state index contributed by atoms with van der Waals surface area (Å²) in [6.07, 6.45) is 0.475. The number of carbonyl (C=O) groups excluding carboxylic acids is 2. The molecule has 8 heteroatoms. The molecule has 2 amide bonds. The molecule has 1 N–H and O–H groups in total. The molecule has 7 nitrogen and oxygen atoms in total. The number of carbonyl (C=O) groups is 2. The molecule has 0 radical (unpaired) electrons. The molecule has 0 saturated carbocycles. The molecule has 1 saturated heterocycles. The van der Waals surface area contributed by atoms with E-state index in [1.54, 1.807) is 31.3 Å². The molecule has 150 valence electrons. The van der Waals surface area contributed by atoms with E-state index in [2.05, 4.69) is 10.3 Å². The van der Waals surface area contributed by atoms with Gasteiger partial charge in [0.05, 0.1) is 16.2 Å². The summed E-state index contributed by atoms with van der Waals surface area (Å²) in [5, 5.41) is 2.16. The Morgan fingerprint density at radius 2 is 1.83 bits per heavy atom. The lowest BCUT2D eigenvalue weighted by Crippen LogP contribution is -2.25. The number of nitrogens with one attached hydrogen (secondary N) is 1. The van der Waals surface area contributed by atoms with E-state index in [1.807, 2.05) is 24.3 Å². The number of fused-ring (bicyclic) bond motifs is 1. The zero-order valence-corrected chi connectivity index (χ0v) is 15.9. The standard InChI is InChI=1S/C20H17N3O4S.CH4/c1-23-17(21-15-5-3-2-4-14(15)19(23)25)11-27-13-8-6-12(7-9-13)10-16-18(24)22-20(26)28-16;/h2-9,16H,10-11H2,1H3,(H,22,24,26);1H4. The highest BCUT2D eigenvalue weighted by Gasteiger charge is 2.31. The third kappa shape index (κ3) is 4.32. The van der Waals surface area contributed by atoms with Crippen LogP contribution in [0.4, 0.5) is 4.79 Å². The van der Waals surface area contributed by atoms with E-state index >= 15 is 0 Å². The van der Waals surface area contributed by atoms with Gasteiger partial charge in [-0.1, -0.05) is 43.5 Å². The van der Waals surface area contributed by atoms with E-state index in [4.69, 9.17) is 4.74 Å². The van der Waals surface area contributed by atoms with Gasteiger partial charge >= 0.3 is 0 Å². The number of imide groups is 1. The predicted octanol–water partition coefficient (Wildman–Crippen LogP) is 3.04. The van der Waals surface area contributed by atoms with Crippen LogP contribution in [-0.4, -0.2) is 25.9 Å². The van der Waals surface area contributed by atoms with E-state index in [0.717, 1.165) is 17.3 Å². The van der Waals surface area contributed by atoms with E-state index < -0.39 is 5.25 Å². The van der Waals surface area contributed by atoms with Crippen LogP contribution in [0.15, 0.2) is 53.3 Å². The number of aromatic nitrogens is 2. The molecule has 2 aromatic carbocycles. The van der Waals surface area contributed by atoms with Crippen LogP contribution in [0.1, 0.15) is 18.8 Å². The molecule has 29 heavy (non-hydrogen) atoms. The summed E-state index contributed by atoms with van der Waals surface area (Å²) in [6, 6.07) is 14.5. The van der Waals surface area contributed by atoms with Crippen LogP contribution in [0.3, 0.4) is 0 Å². The van der Waals surface area contributed by atoms with Crippen LogP contribution in [0.25, 0.3) is 10.9 Å². The maximum Gasteiger partial charge on any atom is 0.286 e. The first-order valence-corrected chi connectivity index (χ1v) is 9.57. The minimum atomic E-state index is -0.393. The molecule has 1 aliphatic heterocycles. The van der Waals surface area contributed by atoms with Crippen LogP contribution < -0.4 is 15.6 Å². The topological polar surface area (TPSA) is 90.3 Å². The lowest BCUT2D eigenvalue weighted by molar-refractivity contribution is -0.118. The number of rotatable bonds is 5. The number of benzene rings is 2. The van der Waals surface area contributed by atoms with E-state index in [0.29, 0.717) is 28.9 Å². The Hall–Kier alpha value is -3.13. The SMILES string of the molecule is C.Cn1c(COc2ccc(CC3SC(=O)NC3=O)cc2)nc2ccccc2c1=O.